The fourth-order valence-electron chi connectivity index (χ4n) is 4.26. The van der Waals surface area contributed by atoms with Crippen LogP contribution in [0.25, 0.3) is 11.1 Å². The Morgan fingerprint density at radius 1 is 1.00 bits per heavy atom. The highest BCUT2D eigenvalue weighted by Crippen LogP contribution is 2.27. The van der Waals surface area contributed by atoms with E-state index in [1.54, 1.807) is 36.5 Å². The first-order valence-corrected chi connectivity index (χ1v) is 13.5. The first kappa shape index (κ1) is 25.2. The number of aromatic nitrogens is 1. The van der Waals surface area contributed by atoms with Crippen LogP contribution >= 0.6 is 0 Å². The average molecular weight is 509 g/mol. The Hall–Kier alpha value is -3.92. The zero-order chi connectivity index (χ0) is 25.7. The minimum atomic E-state index is -3.62. The molecule has 0 bridgehead atoms. The Kier molecular flexibility index (Phi) is 7.54. The summed E-state index contributed by atoms with van der Waals surface area (Å²) in [6.07, 6.45) is 4.99. The zero-order valence-corrected chi connectivity index (χ0v) is 20.7. The molecule has 1 aliphatic heterocycles. The molecule has 10 heteroatoms. The van der Waals surface area contributed by atoms with E-state index in [-0.39, 0.29) is 17.2 Å². The summed E-state index contributed by atoms with van der Waals surface area (Å²) in [5.41, 5.74) is 3.96. The lowest BCUT2D eigenvalue weighted by atomic mass is 9.97. The summed E-state index contributed by atoms with van der Waals surface area (Å²) in [5.74, 6) is -0.476. The van der Waals surface area contributed by atoms with Crippen molar-refractivity contribution in [2.75, 3.05) is 37.3 Å². The van der Waals surface area contributed by atoms with Crippen molar-refractivity contribution in [2.45, 2.75) is 12.8 Å². The minimum Gasteiger partial charge on any atom is -0.506 e. The van der Waals surface area contributed by atoms with Crippen molar-refractivity contribution in [2.24, 2.45) is 0 Å². The molecular weight excluding hydrogens is 480 g/mol. The van der Waals surface area contributed by atoms with E-state index in [1.165, 1.54) is 6.20 Å². The normalized spacial score (nSPS) is 13.9. The molecule has 0 spiro atoms. The van der Waals surface area contributed by atoms with Gasteiger partial charge in [0.1, 0.15) is 5.75 Å². The summed E-state index contributed by atoms with van der Waals surface area (Å²) >= 11 is 0. The van der Waals surface area contributed by atoms with Gasteiger partial charge >= 0.3 is 0 Å². The van der Waals surface area contributed by atoms with Gasteiger partial charge in [-0.2, -0.15) is 0 Å². The Morgan fingerprint density at radius 3 is 2.36 bits per heavy atom. The summed E-state index contributed by atoms with van der Waals surface area (Å²) in [5, 5.41) is 9.77. The fourth-order valence-corrected chi connectivity index (χ4v) is 4.71. The van der Waals surface area contributed by atoms with Gasteiger partial charge in [-0.05, 0) is 47.9 Å². The van der Waals surface area contributed by atoms with Gasteiger partial charge in [0.2, 0.25) is 15.9 Å². The highest BCUT2D eigenvalue weighted by atomic mass is 32.2. The lowest BCUT2D eigenvalue weighted by Crippen LogP contribution is -2.48. The number of carbonyl (C=O) groups excluding carboxylic acids is 2. The number of piperazine rings is 1. The van der Waals surface area contributed by atoms with E-state index in [9.17, 15) is 23.1 Å². The van der Waals surface area contributed by atoms with Gasteiger partial charge in [0.05, 0.1) is 12.5 Å². The van der Waals surface area contributed by atoms with Gasteiger partial charge in [-0.15, -0.1) is 0 Å². The van der Waals surface area contributed by atoms with Gasteiger partial charge in [-0.1, -0.05) is 24.3 Å². The first-order chi connectivity index (χ1) is 17.2. The van der Waals surface area contributed by atoms with Crippen LogP contribution in [0.3, 0.4) is 0 Å². The first-order valence-electron chi connectivity index (χ1n) is 11.6. The molecule has 1 aromatic heterocycles. The number of pyridine rings is 1. The molecule has 0 atom stereocenters. The van der Waals surface area contributed by atoms with Crippen LogP contribution in [0, 0.1) is 0 Å². The lowest BCUT2D eigenvalue weighted by molar-refractivity contribution is -0.131. The predicted octanol–water partition coefficient (Wildman–Crippen LogP) is 2.43. The molecule has 0 aliphatic carbocycles. The lowest BCUT2D eigenvalue weighted by Gasteiger charge is -2.36. The number of nitrogens with zero attached hydrogens (tertiary/aromatic N) is 3. The van der Waals surface area contributed by atoms with Crippen LogP contribution in [0.15, 0.2) is 67.0 Å². The van der Waals surface area contributed by atoms with Crippen molar-refractivity contribution in [1.82, 2.24) is 14.6 Å². The molecule has 4 rings (SSSR count). The topological polar surface area (TPSA) is 120 Å². The van der Waals surface area contributed by atoms with Crippen LogP contribution in [0.4, 0.5) is 5.69 Å². The van der Waals surface area contributed by atoms with E-state index in [1.807, 2.05) is 33.9 Å². The number of carbonyl (C=O) groups is 2. The third-order valence-electron chi connectivity index (χ3n) is 6.07. The van der Waals surface area contributed by atoms with Crippen LogP contribution in [0.1, 0.15) is 22.3 Å². The predicted molar refractivity (Wildman–Crippen MR) is 137 cm³/mol. The summed E-state index contributed by atoms with van der Waals surface area (Å²) < 4.78 is 24.5. The SMILES string of the molecule is CS(=O)(=O)NC(=O)c1ccc(N2CCN(C(=O)CCc3ccccc3-c3cncc(O)c3)CC2)cc1. The van der Waals surface area contributed by atoms with E-state index >= 15 is 0 Å². The van der Waals surface area contributed by atoms with Crippen LogP contribution in [0.2, 0.25) is 0 Å². The van der Waals surface area contributed by atoms with E-state index in [0.717, 1.165) is 28.6 Å². The molecule has 2 aromatic carbocycles. The molecule has 188 valence electrons. The molecule has 1 saturated heterocycles. The van der Waals surface area contributed by atoms with Crippen LogP contribution in [-0.2, 0) is 21.2 Å². The van der Waals surface area contributed by atoms with Crippen LogP contribution < -0.4 is 9.62 Å². The number of hydrogen-bond donors (Lipinski definition) is 2. The van der Waals surface area contributed by atoms with Gasteiger partial charge in [0.25, 0.3) is 5.91 Å². The number of benzene rings is 2. The molecule has 0 radical (unpaired) electrons. The maximum atomic E-state index is 12.9. The van der Waals surface area contributed by atoms with Crippen LogP contribution in [-0.4, -0.2) is 67.7 Å². The largest absolute Gasteiger partial charge is 0.506 e. The molecule has 2 amide bonds. The number of amides is 2. The highest BCUT2D eigenvalue weighted by molar-refractivity contribution is 7.89. The summed E-state index contributed by atoms with van der Waals surface area (Å²) in [4.78, 5) is 32.9. The number of aromatic hydroxyl groups is 1. The summed E-state index contributed by atoms with van der Waals surface area (Å²) in [6, 6.07) is 16.2. The molecule has 9 nitrogen and oxygen atoms in total. The molecular formula is C26H28N4O5S. The summed E-state index contributed by atoms with van der Waals surface area (Å²) in [7, 11) is -3.62. The van der Waals surface area contributed by atoms with Crippen molar-refractivity contribution in [3.05, 3.63) is 78.1 Å². The van der Waals surface area contributed by atoms with Gasteiger partial charge in [0, 0.05) is 55.6 Å². The molecule has 2 heterocycles. The Balaban J connectivity index is 1.31. The second-order valence-corrected chi connectivity index (χ2v) is 10.5. The van der Waals surface area contributed by atoms with Crippen molar-refractivity contribution in [1.29, 1.82) is 0 Å². The number of anilines is 1. The van der Waals surface area contributed by atoms with E-state index in [4.69, 9.17) is 0 Å². The van der Waals surface area contributed by atoms with E-state index < -0.39 is 15.9 Å². The molecule has 3 aromatic rings. The van der Waals surface area contributed by atoms with Gasteiger partial charge in [-0.3, -0.25) is 14.6 Å². The molecule has 36 heavy (non-hydrogen) atoms. The standard InChI is InChI=1S/C26H28N4O5S/c1-36(34,35)28-26(33)20-6-9-22(10-7-20)29-12-14-30(15-13-29)25(32)11-8-19-4-2-3-5-24(19)21-16-23(31)18-27-17-21/h2-7,9-10,16-18,31H,8,11-15H2,1H3,(H,28,33). The zero-order valence-electron chi connectivity index (χ0n) is 19.9. The van der Waals surface area contributed by atoms with Gasteiger partial charge < -0.3 is 14.9 Å². The second-order valence-electron chi connectivity index (χ2n) is 8.71. The molecule has 1 aliphatic rings. The molecule has 0 saturated carbocycles. The Morgan fingerprint density at radius 2 is 1.69 bits per heavy atom. The maximum absolute atomic E-state index is 12.9. The fraction of sp³-hybridized carbons (Fsp3) is 0.269. The monoisotopic (exact) mass is 508 g/mol. The van der Waals surface area contributed by atoms with Crippen LogP contribution in [0.5, 0.6) is 5.75 Å². The smallest absolute Gasteiger partial charge is 0.264 e. The second kappa shape index (κ2) is 10.8. The van der Waals surface area contributed by atoms with E-state index in [0.29, 0.717) is 39.0 Å². The highest BCUT2D eigenvalue weighted by Gasteiger charge is 2.22. The number of sulfonamides is 1. The summed E-state index contributed by atoms with van der Waals surface area (Å²) in [6.45, 7) is 2.50. The molecule has 2 N–H and O–H groups in total. The third-order valence-corrected chi connectivity index (χ3v) is 6.62. The molecule has 1 fully saturated rings. The van der Waals surface area contributed by atoms with Gasteiger partial charge in [-0.25, -0.2) is 13.1 Å². The Bertz CT molecular complexity index is 1350. The van der Waals surface area contributed by atoms with Crippen molar-refractivity contribution in [3.8, 4) is 16.9 Å². The number of rotatable bonds is 7. The van der Waals surface area contributed by atoms with Gasteiger partial charge in [0.15, 0.2) is 0 Å². The number of hydrogen-bond acceptors (Lipinski definition) is 7. The Labute approximate surface area is 210 Å². The van der Waals surface area contributed by atoms with Crippen molar-refractivity contribution in [3.63, 3.8) is 0 Å². The minimum absolute atomic E-state index is 0.0891. The number of nitrogens with one attached hydrogen (secondary N) is 1. The van der Waals surface area contributed by atoms with Crippen molar-refractivity contribution >= 4 is 27.5 Å². The average Bonchev–Trinajstić information content (AvgIpc) is 2.86. The number of aryl methyl sites for hydroxylation is 1. The van der Waals surface area contributed by atoms with E-state index in [2.05, 4.69) is 9.88 Å². The molecule has 0 unspecified atom stereocenters. The quantitative estimate of drug-likeness (QED) is 0.503. The maximum Gasteiger partial charge on any atom is 0.264 e. The third kappa shape index (κ3) is 6.39. The van der Waals surface area contributed by atoms with Crippen molar-refractivity contribution < 1.29 is 23.1 Å².